The third-order valence-electron chi connectivity index (χ3n) is 2.47. The number of rotatable bonds is 2. The minimum atomic E-state index is 0. The number of aromatic nitrogens is 3. The van der Waals surface area contributed by atoms with E-state index >= 15 is 0 Å². The first-order chi connectivity index (χ1) is 6.18. The average molecular weight is 216 g/mol. The van der Waals surface area contributed by atoms with Crippen LogP contribution in [0.15, 0.2) is 6.33 Å². The molecule has 0 saturated heterocycles. The molecule has 1 aromatic rings. The summed E-state index contributed by atoms with van der Waals surface area (Å²) >= 11 is 0. The second-order valence-electron chi connectivity index (χ2n) is 3.83. The zero-order valence-corrected chi connectivity index (χ0v) is 9.12. The predicted molar refractivity (Wildman–Crippen MR) is 54.6 cm³/mol. The molecule has 78 valence electrons. The predicted octanol–water partition coefficient (Wildman–Crippen LogP) is 1.73. The molecule has 0 aromatic carbocycles. The van der Waals surface area contributed by atoms with Crippen LogP contribution in [0, 0.1) is 0 Å². The average Bonchev–Trinajstić information content (AvgIpc) is 2.45. The minimum Gasteiger partial charge on any atom is -0.315 e. The Bertz CT molecular complexity index is 327. The third-order valence-corrected chi connectivity index (χ3v) is 2.47. The van der Waals surface area contributed by atoms with Gasteiger partial charge in [-0.25, -0.2) is 0 Å². The zero-order valence-electron chi connectivity index (χ0n) is 8.30. The molecule has 2 rings (SSSR count). The summed E-state index contributed by atoms with van der Waals surface area (Å²) in [5, 5.41) is 7.93. The number of carbonyl (C=O) groups excluding carboxylic acids is 1. The van der Waals surface area contributed by atoms with Crippen LogP contribution in [0.3, 0.4) is 0 Å². The van der Waals surface area contributed by atoms with Gasteiger partial charge in [-0.2, -0.15) is 0 Å². The number of ketones is 1. The Hall–Kier alpha value is -0.900. The molecule has 0 radical (unpaired) electrons. The molecule has 0 bridgehead atoms. The van der Waals surface area contributed by atoms with Gasteiger partial charge >= 0.3 is 0 Å². The normalized spacial score (nSPS) is 16.6. The van der Waals surface area contributed by atoms with Gasteiger partial charge in [0, 0.05) is 24.8 Å². The molecule has 1 aromatic heterocycles. The Kier molecular flexibility index (Phi) is 3.26. The smallest absolute Gasteiger partial charge is 0.137 e. The Morgan fingerprint density at radius 2 is 2.14 bits per heavy atom. The maximum atomic E-state index is 10.8. The Morgan fingerprint density at radius 1 is 1.50 bits per heavy atom. The van der Waals surface area contributed by atoms with Gasteiger partial charge in [-0.1, -0.05) is 0 Å². The quantitative estimate of drug-likeness (QED) is 0.755. The molecule has 14 heavy (non-hydrogen) atoms. The van der Waals surface area contributed by atoms with Crippen molar-refractivity contribution in [2.24, 2.45) is 0 Å². The minimum absolute atomic E-state index is 0. The van der Waals surface area contributed by atoms with E-state index in [0.29, 0.717) is 30.6 Å². The molecule has 1 aliphatic carbocycles. The fraction of sp³-hybridized carbons (Fsp3) is 0.667. The number of nitrogens with zero attached hydrogens (tertiary/aromatic N) is 3. The molecule has 0 N–H and O–H groups in total. The van der Waals surface area contributed by atoms with E-state index in [1.54, 1.807) is 6.33 Å². The van der Waals surface area contributed by atoms with Gasteiger partial charge in [-0.05, 0) is 13.8 Å². The zero-order chi connectivity index (χ0) is 9.42. The largest absolute Gasteiger partial charge is 0.315 e. The van der Waals surface area contributed by atoms with E-state index in [9.17, 15) is 4.79 Å². The van der Waals surface area contributed by atoms with Crippen LogP contribution < -0.4 is 0 Å². The van der Waals surface area contributed by atoms with E-state index in [2.05, 4.69) is 24.0 Å². The molecule has 0 spiro atoms. The lowest BCUT2D eigenvalue weighted by Gasteiger charge is -2.24. The van der Waals surface area contributed by atoms with E-state index in [1.807, 2.05) is 4.57 Å². The van der Waals surface area contributed by atoms with Crippen LogP contribution in [-0.4, -0.2) is 20.5 Å². The first kappa shape index (κ1) is 11.2. The van der Waals surface area contributed by atoms with Gasteiger partial charge in [0.25, 0.3) is 0 Å². The number of halogens is 1. The van der Waals surface area contributed by atoms with E-state index in [1.165, 1.54) is 0 Å². The summed E-state index contributed by atoms with van der Waals surface area (Å²) in [5.41, 5.74) is 0. The van der Waals surface area contributed by atoms with E-state index in [-0.39, 0.29) is 12.4 Å². The molecule has 1 aliphatic rings. The van der Waals surface area contributed by atoms with Crippen LogP contribution in [0.1, 0.15) is 44.5 Å². The monoisotopic (exact) mass is 215 g/mol. The highest BCUT2D eigenvalue weighted by Gasteiger charge is 2.32. The Morgan fingerprint density at radius 3 is 2.64 bits per heavy atom. The van der Waals surface area contributed by atoms with E-state index < -0.39 is 0 Å². The molecule has 1 heterocycles. The van der Waals surface area contributed by atoms with Crippen LogP contribution in [0.4, 0.5) is 0 Å². The van der Waals surface area contributed by atoms with Crippen molar-refractivity contribution in [3.05, 3.63) is 12.2 Å². The fourth-order valence-corrected chi connectivity index (χ4v) is 1.61. The van der Waals surface area contributed by atoms with E-state index in [4.69, 9.17) is 0 Å². The van der Waals surface area contributed by atoms with Crippen molar-refractivity contribution in [1.82, 2.24) is 14.8 Å². The summed E-state index contributed by atoms with van der Waals surface area (Å²) in [5.74, 6) is 1.62. The van der Waals surface area contributed by atoms with Crippen LogP contribution in [0.2, 0.25) is 0 Å². The van der Waals surface area contributed by atoms with Gasteiger partial charge in [0.2, 0.25) is 0 Å². The maximum absolute atomic E-state index is 10.8. The number of carbonyl (C=O) groups is 1. The summed E-state index contributed by atoms with van der Waals surface area (Å²) in [6, 6.07) is 0.376. The summed E-state index contributed by atoms with van der Waals surface area (Å²) < 4.78 is 2.04. The highest BCUT2D eigenvalue weighted by atomic mass is 35.5. The molecule has 0 atom stereocenters. The van der Waals surface area contributed by atoms with Crippen molar-refractivity contribution in [1.29, 1.82) is 0 Å². The molecule has 1 saturated carbocycles. The molecule has 1 fully saturated rings. The van der Waals surface area contributed by atoms with Crippen LogP contribution in [0.25, 0.3) is 0 Å². The SMILES string of the molecule is CC(C)n1cnnc1C1CC(=O)C1.Cl. The lowest BCUT2D eigenvalue weighted by molar-refractivity contribution is -0.124. The van der Waals surface area contributed by atoms with Gasteiger partial charge in [0.05, 0.1) is 0 Å². The van der Waals surface area contributed by atoms with Crippen molar-refractivity contribution in [2.45, 2.75) is 38.6 Å². The topological polar surface area (TPSA) is 47.8 Å². The molecule has 0 amide bonds. The molecule has 4 nitrogen and oxygen atoms in total. The molecular formula is C9H14ClN3O. The van der Waals surface area contributed by atoms with Crippen LogP contribution in [0.5, 0.6) is 0 Å². The van der Waals surface area contributed by atoms with Gasteiger partial charge in [-0.15, -0.1) is 22.6 Å². The lowest BCUT2D eigenvalue weighted by atomic mass is 9.83. The Labute approximate surface area is 89.1 Å². The highest BCUT2D eigenvalue weighted by Crippen LogP contribution is 2.32. The van der Waals surface area contributed by atoms with Gasteiger partial charge in [0.1, 0.15) is 17.9 Å². The summed E-state index contributed by atoms with van der Waals surface area (Å²) in [4.78, 5) is 10.8. The van der Waals surface area contributed by atoms with Crippen molar-refractivity contribution >= 4 is 18.2 Å². The van der Waals surface area contributed by atoms with Crippen molar-refractivity contribution in [2.75, 3.05) is 0 Å². The van der Waals surface area contributed by atoms with Crippen molar-refractivity contribution in [3.8, 4) is 0 Å². The first-order valence-electron chi connectivity index (χ1n) is 4.59. The van der Waals surface area contributed by atoms with Gasteiger partial charge in [0.15, 0.2) is 0 Å². The third kappa shape index (κ3) is 1.80. The van der Waals surface area contributed by atoms with Crippen LogP contribution >= 0.6 is 12.4 Å². The first-order valence-corrected chi connectivity index (χ1v) is 4.59. The number of Topliss-reactive ketones (excluding diaryl/α,β-unsaturated/α-hetero) is 1. The second kappa shape index (κ2) is 4.09. The molecular weight excluding hydrogens is 202 g/mol. The Balaban J connectivity index is 0.000000980. The fourth-order valence-electron chi connectivity index (χ4n) is 1.61. The second-order valence-corrected chi connectivity index (χ2v) is 3.83. The summed E-state index contributed by atoms with van der Waals surface area (Å²) in [7, 11) is 0. The highest BCUT2D eigenvalue weighted by molar-refractivity contribution is 5.86. The molecule has 5 heteroatoms. The standard InChI is InChI=1S/C9H13N3O.ClH/c1-6(2)12-5-10-11-9(12)7-3-8(13)4-7;/h5-7H,3-4H2,1-2H3;1H. The number of hydrogen-bond acceptors (Lipinski definition) is 3. The maximum Gasteiger partial charge on any atom is 0.137 e. The van der Waals surface area contributed by atoms with Gasteiger partial charge < -0.3 is 4.57 Å². The summed E-state index contributed by atoms with van der Waals surface area (Å²) in [6.07, 6.45) is 3.03. The van der Waals surface area contributed by atoms with Crippen molar-refractivity contribution < 1.29 is 4.79 Å². The van der Waals surface area contributed by atoms with Crippen molar-refractivity contribution in [3.63, 3.8) is 0 Å². The lowest BCUT2D eigenvalue weighted by Crippen LogP contribution is -2.24. The summed E-state index contributed by atoms with van der Waals surface area (Å²) in [6.45, 7) is 4.18. The van der Waals surface area contributed by atoms with E-state index in [0.717, 1.165) is 5.82 Å². The number of hydrogen-bond donors (Lipinski definition) is 0. The molecule has 0 aliphatic heterocycles. The van der Waals surface area contributed by atoms with Crippen LogP contribution in [-0.2, 0) is 4.79 Å². The van der Waals surface area contributed by atoms with Gasteiger partial charge in [-0.3, -0.25) is 4.79 Å². The molecule has 0 unspecified atom stereocenters.